The van der Waals surface area contributed by atoms with E-state index >= 15 is 0 Å². The molecule has 4 aliphatic heterocycles. The summed E-state index contributed by atoms with van der Waals surface area (Å²) in [5, 5.41) is 2.35. The van der Waals surface area contributed by atoms with Crippen molar-refractivity contribution in [2.24, 2.45) is 11.8 Å². The number of piperidine rings is 1. The van der Waals surface area contributed by atoms with Crippen LogP contribution in [0.2, 0.25) is 0 Å². The maximum absolute atomic E-state index is 12.9. The van der Waals surface area contributed by atoms with Gasteiger partial charge in [0.05, 0.1) is 13.2 Å². The van der Waals surface area contributed by atoms with E-state index in [1.165, 1.54) is 6.42 Å². The number of hydrogen-bond acceptors (Lipinski definition) is 6. The Bertz CT molecular complexity index is 953. The average molecular weight is 440 g/mol. The van der Waals surface area contributed by atoms with Gasteiger partial charge in [-0.1, -0.05) is 0 Å². The molecule has 0 radical (unpaired) electrons. The third-order valence-corrected chi connectivity index (χ3v) is 7.94. The lowest BCUT2D eigenvalue weighted by Gasteiger charge is -2.30. The molecule has 6 rings (SSSR count). The van der Waals surface area contributed by atoms with Crippen molar-refractivity contribution in [2.45, 2.75) is 56.8 Å². The van der Waals surface area contributed by atoms with E-state index in [4.69, 9.17) is 9.47 Å². The van der Waals surface area contributed by atoms with Crippen LogP contribution < -0.4 is 10.1 Å². The van der Waals surface area contributed by atoms with Gasteiger partial charge in [0.25, 0.3) is 5.91 Å². The monoisotopic (exact) mass is 439 g/mol. The van der Waals surface area contributed by atoms with E-state index in [9.17, 15) is 14.4 Å². The summed E-state index contributed by atoms with van der Waals surface area (Å²) in [6.07, 6.45) is 4.18. The van der Waals surface area contributed by atoms with Crippen LogP contribution in [0, 0.1) is 11.8 Å². The lowest BCUT2D eigenvalue weighted by Crippen LogP contribution is -2.52. The average Bonchev–Trinajstić information content (AvgIpc) is 3.52. The fourth-order valence-electron chi connectivity index (χ4n) is 6.25. The Morgan fingerprint density at radius 3 is 2.62 bits per heavy atom. The summed E-state index contributed by atoms with van der Waals surface area (Å²) in [7, 11) is 0. The Kier molecular flexibility index (Phi) is 4.95. The number of rotatable bonds is 4. The number of carbonyl (C=O) groups is 3. The SMILES string of the molecule is O=C1CCC(N2Cc3cc(OC4CCCC4N4C[C@H]5COC[C@H]5C4)ccc3C2=O)C(=O)N1. The first-order chi connectivity index (χ1) is 15.6. The second-order valence-electron chi connectivity index (χ2n) is 9.88. The van der Waals surface area contributed by atoms with E-state index in [2.05, 4.69) is 10.2 Å². The molecule has 8 heteroatoms. The van der Waals surface area contributed by atoms with Crippen LogP contribution >= 0.6 is 0 Å². The molecule has 1 saturated carbocycles. The Hall–Kier alpha value is -2.45. The third kappa shape index (κ3) is 3.40. The zero-order valence-corrected chi connectivity index (χ0v) is 18.1. The molecular formula is C24H29N3O5. The highest BCUT2D eigenvalue weighted by atomic mass is 16.5. The fourth-order valence-corrected chi connectivity index (χ4v) is 6.25. The van der Waals surface area contributed by atoms with Crippen LogP contribution in [0.25, 0.3) is 0 Å². The number of imide groups is 1. The van der Waals surface area contributed by atoms with Gasteiger partial charge in [-0.3, -0.25) is 24.6 Å². The number of nitrogens with one attached hydrogen (secondary N) is 1. The predicted molar refractivity (Wildman–Crippen MR) is 114 cm³/mol. The molecule has 1 aliphatic carbocycles. The second-order valence-corrected chi connectivity index (χ2v) is 9.88. The summed E-state index contributed by atoms with van der Waals surface area (Å²) < 4.78 is 12.1. The Morgan fingerprint density at radius 1 is 1.03 bits per heavy atom. The number of likely N-dealkylation sites (tertiary alicyclic amines) is 1. The minimum atomic E-state index is -0.588. The topological polar surface area (TPSA) is 88.2 Å². The van der Waals surface area contributed by atoms with E-state index in [1.54, 1.807) is 4.90 Å². The van der Waals surface area contributed by atoms with Gasteiger partial charge in [0.2, 0.25) is 11.8 Å². The van der Waals surface area contributed by atoms with Crippen LogP contribution in [0.3, 0.4) is 0 Å². The molecule has 3 unspecified atom stereocenters. The minimum Gasteiger partial charge on any atom is -0.489 e. The lowest BCUT2D eigenvalue weighted by molar-refractivity contribution is -0.136. The first kappa shape index (κ1) is 20.2. The maximum Gasteiger partial charge on any atom is 0.255 e. The number of carbonyl (C=O) groups excluding carboxylic acids is 3. The summed E-state index contributed by atoms with van der Waals surface area (Å²) in [5.41, 5.74) is 1.51. The lowest BCUT2D eigenvalue weighted by atomic mass is 10.0. The largest absolute Gasteiger partial charge is 0.489 e. The van der Waals surface area contributed by atoms with Gasteiger partial charge in [-0.2, -0.15) is 0 Å². The van der Waals surface area contributed by atoms with E-state index in [0.717, 1.165) is 50.5 Å². The molecule has 1 aromatic carbocycles. The first-order valence-corrected chi connectivity index (χ1v) is 11.8. The Balaban J connectivity index is 1.14. The van der Waals surface area contributed by atoms with Gasteiger partial charge in [0.1, 0.15) is 17.9 Å². The molecule has 5 atom stereocenters. The molecule has 0 spiro atoms. The number of fused-ring (bicyclic) bond motifs is 2. The van der Waals surface area contributed by atoms with Gasteiger partial charge in [0.15, 0.2) is 0 Å². The number of hydrogen-bond donors (Lipinski definition) is 1. The highest BCUT2D eigenvalue weighted by molar-refractivity contribution is 6.05. The summed E-state index contributed by atoms with van der Waals surface area (Å²) in [6, 6.07) is 5.51. The van der Waals surface area contributed by atoms with Crippen molar-refractivity contribution in [3.8, 4) is 5.75 Å². The molecule has 170 valence electrons. The molecule has 0 bridgehead atoms. The van der Waals surface area contributed by atoms with Crippen molar-refractivity contribution in [3.63, 3.8) is 0 Å². The fraction of sp³-hybridized carbons (Fsp3) is 0.625. The molecule has 32 heavy (non-hydrogen) atoms. The van der Waals surface area contributed by atoms with Gasteiger partial charge < -0.3 is 14.4 Å². The third-order valence-electron chi connectivity index (χ3n) is 7.94. The summed E-state index contributed by atoms with van der Waals surface area (Å²) in [6.45, 7) is 4.37. The van der Waals surface area contributed by atoms with Gasteiger partial charge in [-0.05, 0) is 49.4 Å². The van der Waals surface area contributed by atoms with Crippen LogP contribution in [0.5, 0.6) is 5.75 Å². The summed E-state index contributed by atoms with van der Waals surface area (Å²) in [4.78, 5) is 40.8. The standard InChI is InChI=1S/C24H29N3O5/c28-22-7-6-20(23(29)25-22)27-11-14-8-17(4-5-18(14)24(27)30)32-21-3-1-2-19(21)26-9-15-12-31-13-16(15)10-26/h4-5,8,15-16,19-21H,1-3,6-7,9-13H2,(H,25,28,29)/t15-,16+,19?,20?,21?. The number of ether oxygens (including phenoxy) is 2. The van der Waals surface area contributed by atoms with Crippen LogP contribution in [0.4, 0.5) is 0 Å². The van der Waals surface area contributed by atoms with E-state index in [1.807, 2.05) is 18.2 Å². The van der Waals surface area contributed by atoms with E-state index < -0.39 is 6.04 Å². The predicted octanol–water partition coefficient (Wildman–Crippen LogP) is 1.33. The van der Waals surface area contributed by atoms with Crippen molar-refractivity contribution in [2.75, 3.05) is 26.3 Å². The zero-order chi connectivity index (χ0) is 21.8. The molecule has 5 aliphatic rings. The van der Waals surface area contributed by atoms with Crippen molar-refractivity contribution in [1.82, 2.24) is 15.1 Å². The van der Waals surface area contributed by atoms with E-state index in [-0.39, 0.29) is 30.2 Å². The molecular weight excluding hydrogens is 410 g/mol. The molecule has 8 nitrogen and oxygen atoms in total. The Morgan fingerprint density at radius 2 is 1.84 bits per heavy atom. The minimum absolute atomic E-state index is 0.148. The van der Waals surface area contributed by atoms with Crippen LogP contribution in [-0.4, -0.2) is 72.0 Å². The van der Waals surface area contributed by atoms with Gasteiger partial charge >= 0.3 is 0 Å². The highest BCUT2D eigenvalue weighted by Gasteiger charge is 2.44. The molecule has 3 amide bonds. The van der Waals surface area contributed by atoms with Crippen LogP contribution in [0.1, 0.15) is 48.0 Å². The molecule has 4 heterocycles. The number of benzene rings is 1. The Labute approximate surface area is 187 Å². The number of amides is 3. The molecule has 3 saturated heterocycles. The van der Waals surface area contributed by atoms with Crippen molar-refractivity contribution in [3.05, 3.63) is 29.3 Å². The molecule has 1 N–H and O–H groups in total. The van der Waals surface area contributed by atoms with Gasteiger partial charge in [-0.25, -0.2) is 0 Å². The van der Waals surface area contributed by atoms with Crippen molar-refractivity contribution < 1.29 is 23.9 Å². The second kappa shape index (κ2) is 7.85. The van der Waals surface area contributed by atoms with Crippen LogP contribution in [-0.2, 0) is 20.9 Å². The van der Waals surface area contributed by atoms with Gasteiger partial charge in [-0.15, -0.1) is 0 Å². The summed E-state index contributed by atoms with van der Waals surface area (Å²) in [5.74, 6) is 1.33. The molecule has 4 fully saturated rings. The first-order valence-electron chi connectivity index (χ1n) is 11.8. The highest BCUT2D eigenvalue weighted by Crippen LogP contribution is 2.37. The quantitative estimate of drug-likeness (QED) is 0.712. The molecule has 0 aromatic heterocycles. The normalized spacial score (nSPS) is 34.7. The van der Waals surface area contributed by atoms with Crippen LogP contribution in [0.15, 0.2) is 18.2 Å². The van der Waals surface area contributed by atoms with Crippen molar-refractivity contribution in [1.29, 1.82) is 0 Å². The van der Waals surface area contributed by atoms with Crippen molar-refractivity contribution >= 4 is 17.7 Å². The smallest absolute Gasteiger partial charge is 0.255 e. The summed E-state index contributed by atoms with van der Waals surface area (Å²) >= 11 is 0. The number of nitrogens with zero attached hydrogens (tertiary/aromatic N) is 2. The van der Waals surface area contributed by atoms with E-state index in [0.29, 0.717) is 36.4 Å². The zero-order valence-electron chi connectivity index (χ0n) is 18.1. The van der Waals surface area contributed by atoms with Gasteiger partial charge in [0, 0.05) is 49.5 Å². The molecule has 1 aromatic rings. The maximum atomic E-state index is 12.9.